The minimum Gasteiger partial charge on any atom is -0.468 e. The van der Waals surface area contributed by atoms with Crippen molar-refractivity contribution in [2.45, 2.75) is 68.5 Å². The van der Waals surface area contributed by atoms with Crippen molar-refractivity contribution in [2.75, 3.05) is 27.4 Å². The Hall–Kier alpha value is -2.90. The quantitative estimate of drug-likeness (QED) is 0.243. The molecule has 1 aliphatic heterocycles. The van der Waals surface area contributed by atoms with Crippen LogP contribution in [0.1, 0.15) is 32.8 Å². The maximum absolute atomic E-state index is 14.4. The smallest absolute Gasteiger partial charge is 0.319 e. The van der Waals surface area contributed by atoms with Crippen molar-refractivity contribution in [1.29, 1.82) is 0 Å². The van der Waals surface area contributed by atoms with Gasteiger partial charge in [-0.25, -0.2) is 8.42 Å². The first-order valence-corrected chi connectivity index (χ1v) is 18.1. The molecule has 0 amide bonds. The Kier molecular flexibility index (Phi) is 10.8. The molecule has 1 saturated heterocycles. The number of rotatable bonds is 11. The molecule has 44 heavy (non-hydrogen) atoms. The van der Waals surface area contributed by atoms with Gasteiger partial charge in [-0.05, 0) is 40.9 Å². The molecule has 11 heteroatoms. The highest BCUT2D eigenvalue weighted by molar-refractivity contribution is 7.89. The summed E-state index contributed by atoms with van der Waals surface area (Å²) in [5.41, 5.74) is 0.912. The van der Waals surface area contributed by atoms with Crippen LogP contribution in [0.15, 0.2) is 89.8 Å². The van der Waals surface area contributed by atoms with Crippen LogP contribution >= 0.6 is 0 Å². The molecule has 0 bridgehead atoms. The number of benzene rings is 3. The number of piperidine rings is 1. The second kappa shape index (κ2) is 14.0. The predicted octanol–water partition coefficient (Wildman–Crippen LogP) is 2.80. The number of aliphatic hydroxyl groups is 1. The third kappa shape index (κ3) is 6.84. The van der Waals surface area contributed by atoms with Crippen molar-refractivity contribution in [3.8, 4) is 0 Å². The summed E-state index contributed by atoms with van der Waals surface area (Å²) in [6, 6.07) is 25.0. The molecule has 0 aliphatic carbocycles. The summed E-state index contributed by atoms with van der Waals surface area (Å²) in [5, 5.41) is 16.4. The molecule has 1 fully saturated rings. The lowest BCUT2D eigenvalue weighted by Crippen LogP contribution is -2.70. The number of nitrogens with zero attached hydrogens (tertiary/aromatic N) is 1. The van der Waals surface area contributed by atoms with E-state index in [9.17, 15) is 18.3 Å². The van der Waals surface area contributed by atoms with E-state index in [1.54, 1.807) is 24.3 Å². The fourth-order valence-corrected chi connectivity index (χ4v) is 12.5. The van der Waals surface area contributed by atoms with Crippen molar-refractivity contribution >= 4 is 34.7 Å². The van der Waals surface area contributed by atoms with Crippen LogP contribution in [0.5, 0.6) is 0 Å². The standard InChI is InChI=1S/C33H44N2O7SSi/c1-24-17-19-25(20-18-24)43(38,39)35-29(30(36)21-28(32(35)41-6)34-22-31(37)40-5)23-42-44(33(2,3)4,26-13-9-7-10-14-26)27-15-11-8-12-16-27/h7-20,28-30,32,34,36H,21-23H2,1-6H3/t28-,29-,30+,32+/m0/s1. The highest BCUT2D eigenvalue weighted by Crippen LogP contribution is 2.38. The van der Waals surface area contributed by atoms with Crippen LogP contribution in [-0.4, -0.2) is 83.9 Å². The van der Waals surface area contributed by atoms with Gasteiger partial charge in [0, 0.05) is 7.11 Å². The average molecular weight is 641 g/mol. The van der Waals surface area contributed by atoms with Gasteiger partial charge < -0.3 is 24.3 Å². The minimum absolute atomic E-state index is 0.0708. The van der Waals surface area contributed by atoms with E-state index >= 15 is 0 Å². The van der Waals surface area contributed by atoms with Crippen molar-refractivity contribution in [3.63, 3.8) is 0 Å². The first-order valence-electron chi connectivity index (χ1n) is 14.7. The summed E-state index contributed by atoms with van der Waals surface area (Å²) in [6.45, 7) is 8.05. The van der Waals surface area contributed by atoms with Crippen molar-refractivity contribution in [3.05, 3.63) is 90.5 Å². The van der Waals surface area contributed by atoms with E-state index < -0.39 is 48.7 Å². The van der Waals surface area contributed by atoms with Gasteiger partial charge in [-0.2, -0.15) is 4.31 Å². The van der Waals surface area contributed by atoms with Gasteiger partial charge in [0.25, 0.3) is 8.32 Å². The summed E-state index contributed by atoms with van der Waals surface area (Å²) in [5.74, 6) is -0.514. The molecular formula is C33H44N2O7SSi. The average Bonchev–Trinajstić information content (AvgIpc) is 3.01. The lowest BCUT2D eigenvalue weighted by molar-refractivity contribution is -0.141. The molecule has 1 aliphatic rings. The summed E-state index contributed by atoms with van der Waals surface area (Å²) in [4.78, 5) is 12.0. The zero-order valence-corrected chi connectivity index (χ0v) is 28.1. The maximum Gasteiger partial charge on any atom is 0.319 e. The number of esters is 1. The zero-order valence-electron chi connectivity index (χ0n) is 26.3. The molecule has 3 aromatic rings. The Bertz CT molecular complexity index is 1440. The molecule has 238 valence electrons. The first-order chi connectivity index (χ1) is 20.9. The SMILES string of the molecule is COC(=O)CN[C@H]1C[C@@H](O)[C@H](CO[Si](c2ccccc2)(c2ccccc2)C(C)(C)C)N(S(=O)(=O)c2ccc(C)cc2)[C@@H]1OC. The molecule has 0 aromatic heterocycles. The molecule has 3 aromatic carbocycles. The number of methoxy groups -OCH3 is 2. The largest absolute Gasteiger partial charge is 0.468 e. The lowest BCUT2D eigenvalue weighted by atomic mass is 9.96. The number of carbonyl (C=O) groups excluding carboxylic acids is 1. The number of carbonyl (C=O) groups is 1. The van der Waals surface area contributed by atoms with Crippen LogP contribution in [-0.2, 0) is 28.7 Å². The van der Waals surface area contributed by atoms with E-state index in [1.165, 1.54) is 18.5 Å². The van der Waals surface area contributed by atoms with E-state index in [4.69, 9.17) is 13.9 Å². The predicted molar refractivity (Wildman–Crippen MR) is 173 cm³/mol. The van der Waals surface area contributed by atoms with Crippen molar-refractivity contribution < 1.29 is 32.2 Å². The minimum atomic E-state index is -4.20. The summed E-state index contributed by atoms with van der Waals surface area (Å²) < 4.78 is 47.7. The van der Waals surface area contributed by atoms with Gasteiger partial charge in [-0.3, -0.25) is 4.79 Å². The van der Waals surface area contributed by atoms with Gasteiger partial charge in [0.1, 0.15) is 6.23 Å². The van der Waals surface area contributed by atoms with Gasteiger partial charge in [-0.15, -0.1) is 0 Å². The highest BCUT2D eigenvalue weighted by Gasteiger charge is 2.54. The van der Waals surface area contributed by atoms with Crippen LogP contribution in [0.25, 0.3) is 0 Å². The molecule has 2 N–H and O–H groups in total. The van der Waals surface area contributed by atoms with Gasteiger partial charge in [0.15, 0.2) is 0 Å². The number of ether oxygens (including phenoxy) is 2. The van der Waals surface area contributed by atoms with Crippen molar-refractivity contribution in [1.82, 2.24) is 9.62 Å². The zero-order chi connectivity index (χ0) is 32.1. The third-order valence-corrected chi connectivity index (χ3v) is 15.2. The Labute approximate surface area is 262 Å². The number of aliphatic hydroxyl groups excluding tert-OH is 1. The molecule has 4 rings (SSSR count). The number of hydrogen-bond acceptors (Lipinski definition) is 8. The lowest BCUT2D eigenvalue weighted by Gasteiger charge is -2.49. The third-order valence-electron chi connectivity index (χ3n) is 8.32. The summed E-state index contributed by atoms with van der Waals surface area (Å²) in [7, 11) is -4.58. The second-order valence-electron chi connectivity index (χ2n) is 12.2. The van der Waals surface area contributed by atoms with Crippen LogP contribution < -0.4 is 15.7 Å². The molecule has 9 nitrogen and oxygen atoms in total. The normalized spacial score (nSPS) is 21.6. The highest BCUT2D eigenvalue weighted by atomic mass is 32.2. The van der Waals surface area contributed by atoms with Crippen molar-refractivity contribution in [2.24, 2.45) is 0 Å². The topological polar surface area (TPSA) is 114 Å². The molecule has 0 saturated carbocycles. The van der Waals surface area contributed by atoms with E-state index in [0.717, 1.165) is 15.9 Å². The Morgan fingerprint density at radius 3 is 1.98 bits per heavy atom. The summed E-state index contributed by atoms with van der Waals surface area (Å²) in [6.07, 6.45) is -2.04. The van der Waals surface area contributed by atoms with Crippen LogP contribution in [0, 0.1) is 6.92 Å². The fourth-order valence-electron chi connectivity index (χ4n) is 6.11. The van der Waals surface area contributed by atoms with E-state index in [2.05, 4.69) is 50.4 Å². The number of aryl methyl sites for hydroxylation is 1. The van der Waals surface area contributed by atoms with Crippen LogP contribution in [0.2, 0.25) is 5.04 Å². The molecule has 1 heterocycles. The molecular weight excluding hydrogens is 597 g/mol. The Balaban J connectivity index is 1.82. The Morgan fingerprint density at radius 2 is 1.50 bits per heavy atom. The van der Waals surface area contributed by atoms with Gasteiger partial charge in [-0.1, -0.05) is 99.1 Å². The fraction of sp³-hybridized carbons (Fsp3) is 0.424. The van der Waals surface area contributed by atoms with E-state index in [1.807, 2.05) is 43.3 Å². The van der Waals surface area contributed by atoms with E-state index in [0.29, 0.717) is 0 Å². The molecule has 0 radical (unpaired) electrons. The first kappa shape index (κ1) is 34.0. The van der Waals surface area contributed by atoms with Gasteiger partial charge in [0.2, 0.25) is 10.0 Å². The monoisotopic (exact) mass is 640 g/mol. The second-order valence-corrected chi connectivity index (χ2v) is 18.3. The van der Waals surface area contributed by atoms with Crippen LogP contribution in [0.3, 0.4) is 0 Å². The maximum atomic E-state index is 14.4. The molecule has 0 unspecified atom stereocenters. The molecule has 4 atom stereocenters. The number of sulfonamides is 1. The van der Waals surface area contributed by atoms with Crippen LogP contribution in [0.4, 0.5) is 0 Å². The number of hydrogen-bond donors (Lipinski definition) is 2. The number of nitrogens with one attached hydrogen (secondary N) is 1. The summed E-state index contributed by atoms with van der Waals surface area (Å²) >= 11 is 0. The Morgan fingerprint density at radius 1 is 0.955 bits per heavy atom. The van der Waals surface area contributed by atoms with E-state index in [-0.39, 0.29) is 29.5 Å². The molecule has 0 spiro atoms. The van der Waals surface area contributed by atoms with Gasteiger partial charge in [0.05, 0.1) is 43.3 Å². The van der Waals surface area contributed by atoms with Gasteiger partial charge >= 0.3 is 5.97 Å².